The van der Waals surface area contributed by atoms with Gasteiger partial charge in [-0.2, -0.15) is 0 Å². The molecule has 0 aliphatic rings. The molecule has 0 atom stereocenters. The normalized spacial score (nSPS) is 11.5. The van der Waals surface area contributed by atoms with Crippen LogP contribution in [0.4, 0.5) is 22.0 Å². The second kappa shape index (κ2) is 7.41. The van der Waals surface area contributed by atoms with Crippen LogP contribution >= 0.6 is 12.4 Å². The standard InChI is InChI=1S/C11H11F5N2O2.ClH/c12-10(13,5-17)6-18-9(19)7-2-1-3-8(4-7)20-11(14,15)16;/h1-4H,5-6,17H2,(H,18,19);1H. The Labute approximate surface area is 122 Å². The minimum Gasteiger partial charge on any atom is -0.406 e. The molecule has 0 aromatic heterocycles. The number of halogens is 6. The van der Waals surface area contributed by atoms with Gasteiger partial charge in [-0.05, 0) is 18.2 Å². The van der Waals surface area contributed by atoms with Gasteiger partial charge in [0, 0.05) is 5.56 Å². The van der Waals surface area contributed by atoms with Gasteiger partial charge in [0.1, 0.15) is 5.75 Å². The smallest absolute Gasteiger partial charge is 0.406 e. The summed E-state index contributed by atoms with van der Waals surface area (Å²) in [4.78, 5) is 11.5. The molecule has 0 aliphatic heterocycles. The Bertz CT molecular complexity index is 482. The van der Waals surface area contributed by atoms with Gasteiger partial charge < -0.3 is 15.8 Å². The molecule has 0 unspecified atom stereocenters. The van der Waals surface area contributed by atoms with E-state index in [2.05, 4.69) is 4.74 Å². The van der Waals surface area contributed by atoms with E-state index < -0.39 is 37.0 Å². The second-order valence-electron chi connectivity index (χ2n) is 3.82. The fraction of sp³-hybridized carbons (Fsp3) is 0.364. The minimum absolute atomic E-state index is 0. The molecule has 3 N–H and O–H groups in total. The quantitative estimate of drug-likeness (QED) is 0.812. The van der Waals surface area contributed by atoms with Crippen molar-refractivity contribution in [2.24, 2.45) is 5.73 Å². The van der Waals surface area contributed by atoms with Gasteiger partial charge in [-0.25, -0.2) is 8.78 Å². The topological polar surface area (TPSA) is 64.3 Å². The van der Waals surface area contributed by atoms with E-state index in [-0.39, 0.29) is 18.0 Å². The first-order chi connectivity index (χ1) is 9.13. The van der Waals surface area contributed by atoms with Crippen LogP contribution in [0.25, 0.3) is 0 Å². The third-order valence-corrected chi connectivity index (χ3v) is 2.14. The molecule has 120 valence electrons. The van der Waals surface area contributed by atoms with Crippen LogP contribution in [0, 0.1) is 0 Å². The van der Waals surface area contributed by atoms with Crippen molar-refractivity contribution in [2.75, 3.05) is 13.1 Å². The molecule has 1 aromatic rings. The highest BCUT2D eigenvalue weighted by Gasteiger charge is 2.31. The highest BCUT2D eigenvalue weighted by Crippen LogP contribution is 2.23. The molecule has 10 heteroatoms. The first kappa shape index (κ1) is 19.4. The summed E-state index contributed by atoms with van der Waals surface area (Å²) >= 11 is 0. The average molecular weight is 335 g/mol. The molecule has 0 heterocycles. The highest BCUT2D eigenvalue weighted by molar-refractivity contribution is 5.94. The monoisotopic (exact) mass is 334 g/mol. The van der Waals surface area contributed by atoms with Crippen molar-refractivity contribution in [3.63, 3.8) is 0 Å². The van der Waals surface area contributed by atoms with Crippen molar-refractivity contribution in [1.29, 1.82) is 0 Å². The molecule has 4 nitrogen and oxygen atoms in total. The predicted molar refractivity (Wildman–Crippen MR) is 66.7 cm³/mol. The predicted octanol–water partition coefficient (Wildman–Crippen LogP) is 2.33. The Morgan fingerprint density at radius 2 is 1.86 bits per heavy atom. The lowest BCUT2D eigenvalue weighted by Crippen LogP contribution is -2.41. The molecule has 1 amide bonds. The van der Waals surface area contributed by atoms with Crippen LogP contribution in [0.5, 0.6) is 5.75 Å². The molecular formula is C11H12ClF5N2O2. The van der Waals surface area contributed by atoms with Gasteiger partial charge in [0.05, 0.1) is 13.1 Å². The van der Waals surface area contributed by atoms with Crippen LogP contribution in [0.15, 0.2) is 24.3 Å². The van der Waals surface area contributed by atoms with Gasteiger partial charge >= 0.3 is 6.36 Å². The zero-order valence-electron chi connectivity index (χ0n) is 10.4. The Morgan fingerprint density at radius 1 is 1.24 bits per heavy atom. The zero-order chi connectivity index (χ0) is 15.4. The van der Waals surface area contributed by atoms with Crippen molar-refractivity contribution in [3.8, 4) is 5.75 Å². The molecule has 1 aromatic carbocycles. The number of hydrogen-bond acceptors (Lipinski definition) is 3. The Balaban J connectivity index is 0.00000400. The largest absolute Gasteiger partial charge is 0.573 e. The molecule has 0 radical (unpaired) electrons. The molecule has 0 saturated carbocycles. The number of rotatable bonds is 5. The lowest BCUT2D eigenvalue weighted by molar-refractivity contribution is -0.274. The van der Waals surface area contributed by atoms with Crippen molar-refractivity contribution in [3.05, 3.63) is 29.8 Å². The summed E-state index contributed by atoms with van der Waals surface area (Å²) in [6.07, 6.45) is -4.90. The maximum atomic E-state index is 12.8. The number of alkyl halides is 5. The van der Waals surface area contributed by atoms with E-state index >= 15 is 0 Å². The lowest BCUT2D eigenvalue weighted by Gasteiger charge is -2.15. The molecule has 21 heavy (non-hydrogen) atoms. The maximum absolute atomic E-state index is 12.8. The summed E-state index contributed by atoms with van der Waals surface area (Å²) in [6.45, 7) is -1.96. The Morgan fingerprint density at radius 3 is 2.38 bits per heavy atom. The fourth-order valence-corrected chi connectivity index (χ4v) is 1.22. The summed E-state index contributed by atoms with van der Waals surface area (Å²) in [5.74, 6) is -4.85. The van der Waals surface area contributed by atoms with Crippen LogP contribution in [0.1, 0.15) is 10.4 Å². The molecular weight excluding hydrogens is 323 g/mol. The van der Waals surface area contributed by atoms with Crippen molar-refractivity contribution in [2.45, 2.75) is 12.3 Å². The van der Waals surface area contributed by atoms with Gasteiger partial charge in [-0.3, -0.25) is 4.79 Å². The fourth-order valence-electron chi connectivity index (χ4n) is 1.22. The van der Waals surface area contributed by atoms with Gasteiger partial charge in [0.15, 0.2) is 0 Å². The van der Waals surface area contributed by atoms with E-state index in [9.17, 15) is 26.7 Å². The number of amides is 1. The summed E-state index contributed by atoms with van der Waals surface area (Å²) in [7, 11) is 0. The molecule has 0 fully saturated rings. The van der Waals surface area contributed by atoms with E-state index in [1.54, 1.807) is 0 Å². The van der Waals surface area contributed by atoms with Gasteiger partial charge in [-0.1, -0.05) is 6.07 Å². The van der Waals surface area contributed by atoms with E-state index in [0.29, 0.717) is 0 Å². The summed E-state index contributed by atoms with van der Waals surface area (Å²) in [5, 5.41) is 1.87. The van der Waals surface area contributed by atoms with Crippen LogP contribution in [0.3, 0.4) is 0 Å². The zero-order valence-corrected chi connectivity index (χ0v) is 11.2. The summed E-state index contributed by atoms with van der Waals surface area (Å²) in [5.41, 5.74) is 4.54. The van der Waals surface area contributed by atoms with Crippen LogP contribution in [-0.2, 0) is 0 Å². The number of nitrogens with one attached hydrogen (secondary N) is 1. The molecule has 0 saturated heterocycles. The number of ether oxygens (including phenoxy) is 1. The molecule has 1 rings (SSSR count). The summed E-state index contributed by atoms with van der Waals surface area (Å²) < 4.78 is 65.2. The van der Waals surface area contributed by atoms with Gasteiger partial charge in [0.25, 0.3) is 11.8 Å². The number of hydrogen-bond donors (Lipinski definition) is 2. The number of nitrogens with two attached hydrogens (primary N) is 1. The van der Waals surface area contributed by atoms with E-state index in [4.69, 9.17) is 5.73 Å². The third-order valence-electron chi connectivity index (χ3n) is 2.14. The van der Waals surface area contributed by atoms with Crippen LogP contribution in [-0.4, -0.2) is 31.3 Å². The third kappa shape index (κ3) is 7.09. The van der Waals surface area contributed by atoms with Crippen LogP contribution < -0.4 is 15.8 Å². The van der Waals surface area contributed by atoms with Gasteiger partial charge in [0.2, 0.25) is 0 Å². The van der Waals surface area contributed by atoms with Crippen LogP contribution in [0.2, 0.25) is 0 Å². The first-order valence-electron chi connectivity index (χ1n) is 5.35. The Kier molecular flexibility index (Phi) is 6.84. The highest BCUT2D eigenvalue weighted by atomic mass is 35.5. The second-order valence-corrected chi connectivity index (χ2v) is 3.82. The Hall–Kier alpha value is -1.61. The maximum Gasteiger partial charge on any atom is 0.573 e. The lowest BCUT2D eigenvalue weighted by atomic mass is 10.2. The molecule has 0 spiro atoms. The van der Waals surface area contributed by atoms with E-state index in [0.717, 1.165) is 18.2 Å². The van der Waals surface area contributed by atoms with Crippen molar-refractivity contribution >= 4 is 18.3 Å². The van der Waals surface area contributed by atoms with Crippen molar-refractivity contribution < 1.29 is 31.5 Å². The number of carbonyl (C=O) groups is 1. The van der Waals surface area contributed by atoms with E-state index in [1.165, 1.54) is 6.07 Å². The molecule has 0 aliphatic carbocycles. The van der Waals surface area contributed by atoms with Gasteiger partial charge in [-0.15, -0.1) is 25.6 Å². The molecule has 0 bridgehead atoms. The first-order valence-corrected chi connectivity index (χ1v) is 5.35. The van der Waals surface area contributed by atoms with Crippen molar-refractivity contribution in [1.82, 2.24) is 5.32 Å². The number of carbonyl (C=O) groups excluding carboxylic acids is 1. The van der Waals surface area contributed by atoms with E-state index in [1.807, 2.05) is 5.32 Å². The number of benzene rings is 1. The summed E-state index contributed by atoms with van der Waals surface area (Å²) in [6, 6.07) is 4.08. The average Bonchev–Trinajstić information content (AvgIpc) is 2.34. The SMILES string of the molecule is Cl.NCC(F)(F)CNC(=O)c1cccc(OC(F)(F)F)c1. The minimum atomic E-state index is -4.90.